The minimum atomic E-state index is -0.113. The number of carbonyl (C=O) groups excluding carboxylic acids is 1. The van der Waals surface area contributed by atoms with Gasteiger partial charge in [0.2, 0.25) is 0 Å². The molecule has 1 atom stereocenters. The summed E-state index contributed by atoms with van der Waals surface area (Å²) in [6, 6.07) is 15.1. The molecule has 2 aromatic rings. The van der Waals surface area contributed by atoms with E-state index in [1.165, 1.54) is 0 Å². The van der Waals surface area contributed by atoms with Crippen LogP contribution in [0.4, 0.5) is 0 Å². The average Bonchev–Trinajstić information content (AvgIpc) is 2.73. The normalized spacial score (nSPS) is 15.6. The zero-order valence-corrected chi connectivity index (χ0v) is 16.5. The molecule has 1 aliphatic heterocycles. The van der Waals surface area contributed by atoms with Gasteiger partial charge in [-0.05, 0) is 48.9 Å². The number of methoxy groups -OCH3 is 1. The van der Waals surface area contributed by atoms with E-state index in [0.717, 1.165) is 49.9 Å². The van der Waals surface area contributed by atoms with Crippen LogP contribution in [-0.2, 0) is 11.3 Å². The van der Waals surface area contributed by atoms with Crippen LogP contribution in [0.3, 0.4) is 0 Å². The molecule has 150 valence electrons. The lowest BCUT2D eigenvalue weighted by Crippen LogP contribution is -2.37. The van der Waals surface area contributed by atoms with E-state index in [0.29, 0.717) is 12.2 Å². The lowest BCUT2D eigenvalue weighted by atomic mass is 10.1. The lowest BCUT2D eigenvalue weighted by molar-refractivity contribution is 0.0342. The highest BCUT2D eigenvalue weighted by Crippen LogP contribution is 2.17. The second-order valence-electron chi connectivity index (χ2n) is 6.95. The van der Waals surface area contributed by atoms with Crippen LogP contribution in [0.15, 0.2) is 48.5 Å². The van der Waals surface area contributed by atoms with Crippen molar-refractivity contribution in [3.05, 3.63) is 59.7 Å². The van der Waals surface area contributed by atoms with Crippen molar-refractivity contribution in [3.8, 4) is 11.5 Å². The smallest absolute Gasteiger partial charge is 0.251 e. The van der Waals surface area contributed by atoms with Crippen LogP contribution < -0.4 is 14.8 Å². The molecule has 0 bridgehead atoms. The summed E-state index contributed by atoms with van der Waals surface area (Å²) in [5.41, 5.74) is 1.80. The van der Waals surface area contributed by atoms with Crippen molar-refractivity contribution in [2.45, 2.75) is 19.5 Å². The van der Waals surface area contributed by atoms with Gasteiger partial charge in [0.05, 0.1) is 26.4 Å². The van der Waals surface area contributed by atoms with Crippen LogP contribution in [0, 0.1) is 0 Å². The summed E-state index contributed by atoms with van der Waals surface area (Å²) in [6.45, 7) is 6.55. The fourth-order valence-corrected chi connectivity index (χ4v) is 3.07. The molecule has 1 aliphatic rings. The maximum atomic E-state index is 12.6. The van der Waals surface area contributed by atoms with E-state index in [4.69, 9.17) is 14.2 Å². The van der Waals surface area contributed by atoms with Gasteiger partial charge < -0.3 is 19.5 Å². The number of nitrogens with zero attached hydrogens (tertiary/aromatic N) is 1. The summed E-state index contributed by atoms with van der Waals surface area (Å²) >= 11 is 0. The van der Waals surface area contributed by atoms with E-state index in [1.54, 1.807) is 7.11 Å². The number of amides is 1. The predicted octanol–water partition coefficient (Wildman–Crippen LogP) is 2.72. The number of hydrogen-bond donors (Lipinski definition) is 1. The Morgan fingerprint density at radius 3 is 2.57 bits per heavy atom. The predicted molar refractivity (Wildman–Crippen MR) is 108 cm³/mol. The highest BCUT2D eigenvalue weighted by atomic mass is 16.5. The van der Waals surface area contributed by atoms with Crippen LogP contribution in [0.1, 0.15) is 22.8 Å². The molecule has 0 spiro atoms. The molecule has 6 nitrogen and oxygen atoms in total. The highest BCUT2D eigenvalue weighted by molar-refractivity contribution is 5.94. The zero-order chi connectivity index (χ0) is 19.8. The van der Waals surface area contributed by atoms with E-state index in [2.05, 4.69) is 16.3 Å². The van der Waals surface area contributed by atoms with E-state index >= 15 is 0 Å². The number of morpholine rings is 1. The largest absolute Gasteiger partial charge is 0.497 e. The number of rotatable bonds is 8. The molecule has 0 saturated carbocycles. The van der Waals surface area contributed by atoms with Crippen molar-refractivity contribution < 1.29 is 19.0 Å². The number of carbonyl (C=O) groups is 1. The SMILES string of the molecule is COc1ccc(OC[C@@H](C)NC(=O)c2cccc(CN3CCOCC3)c2)cc1. The topological polar surface area (TPSA) is 60.0 Å². The first-order valence-electron chi connectivity index (χ1n) is 9.61. The maximum absolute atomic E-state index is 12.6. The minimum Gasteiger partial charge on any atom is -0.497 e. The second-order valence-corrected chi connectivity index (χ2v) is 6.95. The number of benzene rings is 2. The number of nitrogens with one attached hydrogen (secondary N) is 1. The Balaban J connectivity index is 1.49. The molecule has 1 amide bonds. The quantitative estimate of drug-likeness (QED) is 0.758. The molecule has 1 N–H and O–H groups in total. The molecule has 1 fully saturated rings. The Bertz CT molecular complexity index is 757. The summed E-state index contributed by atoms with van der Waals surface area (Å²) in [4.78, 5) is 14.9. The molecule has 0 radical (unpaired) electrons. The van der Waals surface area contributed by atoms with Gasteiger partial charge in [-0.25, -0.2) is 0 Å². The standard InChI is InChI=1S/C22H28N2O4/c1-17(16-28-21-8-6-20(26-2)7-9-21)23-22(25)19-5-3-4-18(14-19)15-24-10-12-27-13-11-24/h3-9,14,17H,10-13,15-16H2,1-2H3,(H,23,25)/t17-/m1/s1. The Labute approximate surface area is 166 Å². The molecule has 1 saturated heterocycles. The van der Waals surface area contributed by atoms with Gasteiger partial charge >= 0.3 is 0 Å². The van der Waals surface area contributed by atoms with Crippen molar-refractivity contribution in [2.75, 3.05) is 40.0 Å². The second kappa shape index (κ2) is 10.1. The molecular weight excluding hydrogens is 356 g/mol. The van der Waals surface area contributed by atoms with Gasteiger partial charge in [0.15, 0.2) is 0 Å². The minimum absolute atomic E-state index is 0.0883. The molecule has 0 aromatic heterocycles. The molecule has 3 rings (SSSR count). The van der Waals surface area contributed by atoms with Gasteiger partial charge in [-0.15, -0.1) is 0 Å². The van der Waals surface area contributed by atoms with Crippen LogP contribution in [0.2, 0.25) is 0 Å². The van der Waals surface area contributed by atoms with Gasteiger partial charge in [-0.1, -0.05) is 12.1 Å². The van der Waals surface area contributed by atoms with Crippen molar-refractivity contribution >= 4 is 5.91 Å². The van der Waals surface area contributed by atoms with Crippen molar-refractivity contribution in [1.82, 2.24) is 10.2 Å². The molecular formula is C22H28N2O4. The molecule has 6 heteroatoms. The summed E-state index contributed by atoms with van der Waals surface area (Å²) in [5, 5.41) is 3.00. The average molecular weight is 384 g/mol. The highest BCUT2D eigenvalue weighted by Gasteiger charge is 2.14. The molecule has 2 aromatic carbocycles. The fraction of sp³-hybridized carbons (Fsp3) is 0.409. The van der Waals surface area contributed by atoms with Crippen LogP contribution in [-0.4, -0.2) is 56.9 Å². The summed E-state index contributed by atoms with van der Waals surface area (Å²) < 4.78 is 16.3. The van der Waals surface area contributed by atoms with Gasteiger partial charge in [0.1, 0.15) is 18.1 Å². The monoisotopic (exact) mass is 384 g/mol. The zero-order valence-electron chi connectivity index (χ0n) is 16.5. The molecule has 0 unspecified atom stereocenters. The van der Waals surface area contributed by atoms with Crippen molar-refractivity contribution in [3.63, 3.8) is 0 Å². The summed E-state index contributed by atoms with van der Waals surface area (Å²) in [5.74, 6) is 1.44. The first-order chi connectivity index (χ1) is 13.6. The van der Waals surface area contributed by atoms with Crippen LogP contribution in [0.25, 0.3) is 0 Å². The van der Waals surface area contributed by atoms with Gasteiger partial charge in [0.25, 0.3) is 5.91 Å². The number of hydrogen-bond acceptors (Lipinski definition) is 5. The Morgan fingerprint density at radius 1 is 1.14 bits per heavy atom. The Morgan fingerprint density at radius 2 is 1.86 bits per heavy atom. The van der Waals surface area contributed by atoms with Gasteiger partial charge in [-0.3, -0.25) is 9.69 Å². The van der Waals surface area contributed by atoms with E-state index in [9.17, 15) is 4.79 Å². The third-order valence-corrected chi connectivity index (χ3v) is 4.64. The van der Waals surface area contributed by atoms with Gasteiger partial charge in [0, 0.05) is 25.2 Å². The number of ether oxygens (including phenoxy) is 3. The van der Waals surface area contributed by atoms with E-state index in [-0.39, 0.29) is 11.9 Å². The summed E-state index contributed by atoms with van der Waals surface area (Å²) in [6.07, 6.45) is 0. The van der Waals surface area contributed by atoms with Crippen molar-refractivity contribution in [2.24, 2.45) is 0 Å². The Kier molecular flexibility index (Phi) is 7.28. The first-order valence-corrected chi connectivity index (χ1v) is 9.61. The lowest BCUT2D eigenvalue weighted by Gasteiger charge is -2.26. The molecule has 0 aliphatic carbocycles. The third kappa shape index (κ3) is 5.97. The Hall–Kier alpha value is -2.57. The first kappa shape index (κ1) is 20.2. The molecule has 28 heavy (non-hydrogen) atoms. The van der Waals surface area contributed by atoms with Crippen LogP contribution in [0.5, 0.6) is 11.5 Å². The maximum Gasteiger partial charge on any atom is 0.251 e. The van der Waals surface area contributed by atoms with Crippen LogP contribution >= 0.6 is 0 Å². The summed E-state index contributed by atoms with van der Waals surface area (Å²) in [7, 11) is 1.63. The van der Waals surface area contributed by atoms with E-state index in [1.807, 2.05) is 49.4 Å². The molecule has 1 heterocycles. The van der Waals surface area contributed by atoms with Crippen molar-refractivity contribution in [1.29, 1.82) is 0 Å². The third-order valence-electron chi connectivity index (χ3n) is 4.64. The van der Waals surface area contributed by atoms with Gasteiger partial charge in [-0.2, -0.15) is 0 Å². The fourth-order valence-electron chi connectivity index (χ4n) is 3.07. The van der Waals surface area contributed by atoms with E-state index < -0.39 is 0 Å².